The van der Waals surface area contributed by atoms with Crippen LogP contribution in [-0.2, 0) is 6.54 Å². The normalized spacial score (nSPS) is 19.3. The second-order valence-electron chi connectivity index (χ2n) is 4.10. The van der Waals surface area contributed by atoms with Gasteiger partial charge in [0.05, 0.1) is 0 Å². The topological polar surface area (TPSA) is 6.48 Å². The highest BCUT2D eigenvalue weighted by molar-refractivity contribution is 5.14. The molecule has 1 fully saturated rings. The number of benzene rings is 1. The summed E-state index contributed by atoms with van der Waals surface area (Å²) in [5, 5.41) is 0. The van der Waals surface area contributed by atoms with Crippen molar-refractivity contribution in [2.75, 3.05) is 33.2 Å². The van der Waals surface area contributed by atoms with Crippen molar-refractivity contribution >= 4 is 0 Å². The smallest absolute Gasteiger partial charge is 0.131 e. The Hall–Kier alpha value is -0.930. The van der Waals surface area contributed by atoms with Gasteiger partial charge in [0.1, 0.15) is 5.82 Å². The molecular formula is C12H16FN2. The minimum absolute atomic E-state index is 0.262. The van der Waals surface area contributed by atoms with Crippen LogP contribution in [0.25, 0.3) is 0 Å². The predicted octanol–water partition coefficient (Wildman–Crippen LogP) is 1.37. The van der Waals surface area contributed by atoms with Gasteiger partial charge in [-0.25, -0.2) is 4.39 Å². The molecule has 3 heteroatoms. The van der Waals surface area contributed by atoms with Gasteiger partial charge in [0.15, 0.2) is 0 Å². The van der Waals surface area contributed by atoms with Gasteiger partial charge >= 0.3 is 0 Å². The first-order chi connectivity index (χ1) is 7.24. The first-order valence-corrected chi connectivity index (χ1v) is 5.31. The lowest BCUT2D eigenvalue weighted by Gasteiger charge is -2.32. The van der Waals surface area contributed by atoms with E-state index in [1.807, 2.05) is 6.07 Å². The van der Waals surface area contributed by atoms with Crippen LogP contribution in [0.15, 0.2) is 18.2 Å². The SMILES string of the molecule is CN1CCN(Cc2[c]c(F)ccc2)CC1. The molecule has 1 aromatic rings. The van der Waals surface area contributed by atoms with Gasteiger partial charge in [0, 0.05) is 38.8 Å². The number of hydrogen-bond acceptors (Lipinski definition) is 2. The maximum absolute atomic E-state index is 12.9. The Kier molecular flexibility index (Phi) is 3.34. The zero-order valence-electron chi connectivity index (χ0n) is 9.04. The molecule has 1 aliphatic heterocycles. The molecule has 0 unspecified atom stereocenters. The van der Waals surface area contributed by atoms with Crippen LogP contribution in [0.3, 0.4) is 0 Å². The molecule has 1 saturated heterocycles. The molecule has 0 aromatic heterocycles. The first-order valence-electron chi connectivity index (χ1n) is 5.31. The van der Waals surface area contributed by atoms with Crippen LogP contribution in [0.5, 0.6) is 0 Å². The molecule has 1 aromatic carbocycles. The van der Waals surface area contributed by atoms with Gasteiger partial charge in [-0.2, -0.15) is 0 Å². The second kappa shape index (κ2) is 4.73. The van der Waals surface area contributed by atoms with Crippen LogP contribution < -0.4 is 0 Å². The monoisotopic (exact) mass is 207 g/mol. The average molecular weight is 207 g/mol. The Morgan fingerprint density at radius 2 is 2.00 bits per heavy atom. The Labute approximate surface area is 90.3 Å². The van der Waals surface area contributed by atoms with Gasteiger partial charge < -0.3 is 4.90 Å². The quantitative estimate of drug-likeness (QED) is 0.722. The lowest BCUT2D eigenvalue weighted by atomic mass is 10.2. The summed E-state index contributed by atoms with van der Waals surface area (Å²) in [5.74, 6) is -0.262. The Bertz CT molecular complexity index is 319. The molecule has 2 rings (SSSR count). The molecule has 81 valence electrons. The number of rotatable bonds is 2. The van der Waals surface area contributed by atoms with Crippen molar-refractivity contribution in [2.45, 2.75) is 6.54 Å². The number of nitrogens with zero attached hydrogens (tertiary/aromatic N) is 2. The number of piperazine rings is 1. The van der Waals surface area contributed by atoms with Crippen molar-refractivity contribution in [1.29, 1.82) is 0 Å². The summed E-state index contributed by atoms with van der Waals surface area (Å²) in [6.07, 6.45) is 0. The predicted molar refractivity (Wildman–Crippen MR) is 58.0 cm³/mol. The molecule has 1 heterocycles. The lowest BCUT2D eigenvalue weighted by Crippen LogP contribution is -2.43. The molecule has 0 aliphatic carbocycles. The zero-order valence-corrected chi connectivity index (χ0v) is 9.04. The molecular weight excluding hydrogens is 191 g/mol. The molecule has 0 atom stereocenters. The van der Waals surface area contributed by atoms with E-state index in [-0.39, 0.29) is 5.82 Å². The third kappa shape index (κ3) is 3.01. The third-order valence-corrected chi connectivity index (χ3v) is 2.81. The van der Waals surface area contributed by atoms with Gasteiger partial charge in [0.25, 0.3) is 0 Å². The van der Waals surface area contributed by atoms with Crippen LogP contribution in [-0.4, -0.2) is 43.0 Å². The minimum Gasteiger partial charge on any atom is -0.304 e. The van der Waals surface area contributed by atoms with E-state index < -0.39 is 0 Å². The van der Waals surface area contributed by atoms with E-state index in [4.69, 9.17) is 0 Å². The van der Waals surface area contributed by atoms with Crippen molar-refractivity contribution in [2.24, 2.45) is 0 Å². The van der Waals surface area contributed by atoms with Crippen molar-refractivity contribution in [3.63, 3.8) is 0 Å². The van der Waals surface area contributed by atoms with Crippen LogP contribution in [0.2, 0.25) is 0 Å². The van der Waals surface area contributed by atoms with E-state index in [0.717, 1.165) is 38.3 Å². The molecule has 2 nitrogen and oxygen atoms in total. The van der Waals surface area contributed by atoms with Crippen molar-refractivity contribution in [1.82, 2.24) is 9.80 Å². The zero-order chi connectivity index (χ0) is 10.7. The number of likely N-dealkylation sites (N-methyl/N-ethyl adjacent to an activating group) is 1. The van der Waals surface area contributed by atoms with Crippen molar-refractivity contribution in [3.8, 4) is 0 Å². The fraction of sp³-hybridized carbons (Fsp3) is 0.500. The lowest BCUT2D eigenvalue weighted by molar-refractivity contribution is 0.148. The molecule has 0 bridgehead atoms. The van der Waals surface area contributed by atoms with Crippen LogP contribution in [0, 0.1) is 11.9 Å². The van der Waals surface area contributed by atoms with Crippen LogP contribution in [0.1, 0.15) is 5.56 Å². The molecule has 1 radical (unpaired) electrons. The summed E-state index contributed by atoms with van der Waals surface area (Å²) in [5.41, 5.74) is 0.944. The van der Waals surface area contributed by atoms with Gasteiger partial charge in [-0.1, -0.05) is 12.1 Å². The molecule has 0 amide bonds. The molecule has 1 aliphatic rings. The van der Waals surface area contributed by atoms with Crippen LogP contribution in [0.4, 0.5) is 4.39 Å². The largest absolute Gasteiger partial charge is 0.304 e. The Morgan fingerprint density at radius 1 is 1.27 bits per heavy atom. The highest BCUT2D eigenvalue weighted by Crippen LogP contribution is 2.08. The summed E-state index contributed by atoms with van der Waals surface area (Å²) < 4.78 is 12.9. The van der Waals surface area contributed by atoms with Crippen molar-refractivity contribution in [3.05, 3.63) is 35.6 Å². The second-order valence-corrected chi connectivity index (χ2v) is 4.10. The summed E-state index contributed by atoms with van der Waals surface area (Å²) in [7, 11) is 2.13. The van der Waals surface area contributed by atoms with Gasteiger partial charge in [-0.05, 0) is 18.7 Å². The van der Waals surface area contributed by atoms with Gasteiger partial charge in [-0.15, -0.1) is 0 Å². The maximum Gasteiger partial charge on any atom is 0.131 e. The fourth-order valence-electron chi connectivity index (χ4n) is 1.82. The van der Waals surface area contributed by atoms with Crippen molar-refractivity contribution < 1.29 is 4.39 Å². The molecule has 15 heavy (non-hydrogen) atoms. The summed E-state index contributed by atoms with van der Waals surface area (Å²) in [6, 6.07) is 7.86. The molecule has 0 N–H and O–H groups in total. The first kappa shape index (κ1) is 10.6. The van der Waals surface area contributed by atoms with E-state index >= 15 is 0 Å². The summed E-state index contributed by atoms with van der Waals surface area (Å²) >= 11 is 0. The standard InChI is InChI=1S/C12H16FN2/c1-14-5-7-15(8-6-14)10-11-3-2-4-12(13)9-11/h2-4H,5-8,10H2,1H3. The van der Waals surface area contributed by atoms with E-state index in [1.54, 1.807) is 6.07 Å². The van der Waals surface area contributed by atoms with Crippen LogP contribution >= 0.6 is 0 Å². The Balaban J connectivity index is 1.92. The highest BCUT2D eigenvalue weighted by Gasteiger charge is 2.13. The fourth-order valence-corrected chi connectivity index (χ4v) is 1.82. The minimum atomic E-state index is -0.262. The number of hydrogen-bond donors (Lipinski definition) is 0. The van der Waals surface area contributed by atoms with E-state index in [0.29, 0.717) is 0 Å². The molecule has 0 spiro atoms. The van der Waals surface area contributed by atoms with Gasteiger partial charge in [0.2, 0.25) is 0 Å². The average Bonchev–Trinajstić information content (AvgIpc) is 2.22. The van der Waals surface area contributed by atoms with E-state index in [9.17, 15) is 4.39 Å². The Morgan fingerprint density at radius 3 is 2.67 bits per heavy atom. The van der Waals surface area contributed by atoms with E-state index in [2.05, 4.69) is 22.9 Å². The number of halogens is 1. The van der Waals surface area contributed by atoms with E-state index in [1.165, 1.54) is 6.07 Å². The summed E-state index contributed by atoms with van der Waals surface area (Å²) in [6.45, 7) is 5.11. The molecule has 0 saturated carbocycles. The maximum atomic E-state index is 12.9. The van der Waals surface area contributed by atoms with Gasteiger partial charge in [-0.3, -0.25) is 4.90 Å². The highest BCUT2D eigenvalue weighted by atomic mass is 19.1. The third-order valence-electron chi connectivity index (χ3n) is 2.81. The summed E-state index contributed by atoms with van der Waals surface area (Å²) in [4.78, 5) is 4.65.